The van der Waals surface area contributed by atoms with E-state index in [1.54, 1.807) is 17.0 Å². The highest BCUT2D eigenvalue weighted by Crippen LogP contribution is 2.45. The summed E-state index contributed by atoms with van der Waals surface area (Å²) in [7, 11) is -4.05. The number of hydrogen-bond donors (Lipinski definition) is 1. The first-order valence-corrected chi connectivity index (χ1v) is 20.6. The van der Waals surface area contributed by atoms with Crippen molar-refractivity contribution in [2.45, 2.75) is 112 Å². The van der Waals surface area contributed by atoms with Crippen molar-refractivity contribution in [3.8, 4) is 0 Å². The Morgan fingerprint density at radius 3 is 2.37 bits per heavy atom. The summed E-state index contributed by atoms with van der Waals surface area (Å²) in [4.78, 5) is 22.7. The average molecular weight is 750 g/mol. The minimum Gasteiger partial charge on any atom is -0.338 e. The number of likely N-dealkylation sites (tertiary alicyclic amines) is 1. The minimum atomic E-state index is -4.05. The summed E-state index contributed by atoms with van der Waals surface area (Å²) in [5, 5.41) is -0.255. The molecule has 0 radical (unpaired) electrons. The molecule has 3 aromatic carbocycles. The molecule has 3 aliphatic heterocycles. The monoisotopic (exact) mass is 749 g/mol. The first-order chi connectivity index (χ1) is 25.0. The third-order valence-corrected chi connectivity index (χ3v) is 14.5. The van der Waals surface area contributed by atoms with Gasteiger partial charge in [-0.3, -0.25) is 9.69 Å². The average Bonchev–Trinajstić information content (AvgIpc) is 3.81. The van der Waals surface area contributed by atoms with Crippen molar-refractivity contribution in [2.75, 3.05) is 19.6 Å². The van der Waals surface area contributed by atoms with Crippen LogP contribution in [0.5, 0.6) is 0 Å². The molecule has 12 heteroatoms. The van der Waals surface area contributed by atoms with Crippen LogP contribution in [-0.2, 0) is 15.4 Å². The van der Waals surface area contributed by atoms with Crippen LogP contribution in [0.2, 0.25) is 5.02 Å². The first kappa shape index (κ1) is 35.6. The van der Waals surface area contributed by atoms with Crippen molar-refractivity contribution in [1.29, 1.82) is 0 Å². The maximum absolute atomic E-state index is 15.3. The molecule has 52 heavy (non-hydrogen) atoms. The van der Waals surface area contributed by atoms with Crippen molar-refractivity contribution in [3.63, 3.8) is 0 Å². The predicted molar refractivity (Wildman–Crippen MR) is 198 cm³/mol. The van der Waals surface area contributed by atoms with Gasteiger partial charge in [0.05, 0.1) is 21.6 Å². The quantitative estimate of drug-likeness (QED) is 0.188. The van der Waals surface area contributed by atoms with Crippen LogP contribution in [0, 0.1) is 18.6 Å². The molecule has 1 saturated carbocycles. The van der Waals surface area contributed by atoms with Gasteiger partial charge in [0, 0.05) is 37.3 Å². The Morgan fingerprint density at radius 2 is 1.65 bits per heavy atom. The zero-order valence-electron chi connectivity index (χ0n) is 29.5. The fraction of sp³-hybridized carbons (Fsp3) is 0.500. The maximum atomic E-state index is 15.3. The Labute approximate surface area is 309 Å². The SMILES string of the molecule is Cc1nc2ccccc2n1[C@H]1C[C@H]2CC[C@@H](C1)N2CCC1(c2cccc(F)c2)CCN(C(=O)c2cc(S(=O)(=O)NC3CCCC3)c(Cl)cc2F)CC1. The molecule has 0 unspecified atom stereocenters. The summed E-state index contributed by atoms with van der Waals surface area (Å²) >= 11 is 6.24. The number of carbonyl (C=O) groups is 1. The molecular weight excluding hydrogens is 704 g/mol. The molecule has 1 aliphatic carbocycles. The van der Waals surface area contributed by atoms with Crippen LogP contribution in [-0.4, -0.2) is 71.4 Å². The number of fused-ring (bicyclic) bond motifs is 3. The fourth-order valence-corrected chi connectivity index (χ4v) is 11.7. The van der Waals surface area contributed by atoms with Crippen molar-refractivity contribution >= 4 is 38.6 Å². The lowest BCUT2D eigenvalue weighted by Gasteiger charge is -2.45. The van der Waals surface area contributed by atoms with Gasteiger partial charge in [-0.15, -0.1) is 0 Å². The van der Waals surface area contributed by atoms with E-state index in [1.807, 2.05) is 12.1 Å². The van der Waals surface area contributed by atoms with E-state index in [0.717, 1.165) is 93.4 Å². The van der Waals surface area contributed by atoms with E-state index in [1.165, 1.54) is 11.6 Å². The van der Waals surface area contributed by atoms with Gasteiger partial charge in [-0.05, 0) is 119 Å². The van der Waals surface area contributed by atoms with E-state index < -0.39 is 21.7 Å². The Hall–Kier alpha value is -3.38. The van der Waals surface area contributed by atoms with E-state index in [-0.39, 0.29) is 32.8 Å². The molecule has 2 bridgehead atoms. The number of para-hydroxylation sites is 2. The van der Waals surface area contributed by atoms with Crippen LogP contribution in [0.1, 0.15) is 98.4 Å². The van der Waals surface area contributed by atoms with Crippen LogP contribution < -0.4 is 4.72 Å². The number of imidazole rings is 1. The molecule has 3 atom stereocenters. The van der Waals surface area contributed by atoms with E-state index in [4.69, 9.17) is 16.6 Å². The number of rotatable bonds is 9. The lowest BCUT2D eigenvalue weighted by Crippen LogP contribution is -2.49. The summed E-state index contributed by atoms with van der Waals surface area (Å²) in [6.45, 7) is 3.64. The number of nitrogens with one attached hydrogen (secondary N) is 1. The summed E-state index contributed by atoms with van der Waals surface area (Å²) in [6, 6.07) is 18.3. The zero-order valence-corrected chi connectivity index (χ0v) is 31.1. The standard InChI is InChI=1S/C40H46ClF2N5O3S/c1-26-44-36-11-4-5-12-37(36)48(26)32-22-30-13-14-31(23-32)47(30)20-17-40(27-7-6-8-28(42)21-27)15-18-46(19-16-40)39(49)33-24-38(34(41)25-35(33)43)52(50,51)45-29-9-2-3-10-29/h4-8,11-12,21,24-25,29-32,45H,2-3,9-10,13-20,22-23H2,1H3/t30-,31+,32+. The number of sulfonamides is 1. The minimum absolute atomic E-state index is 0.203. The lowest BCUT2D eigenvalue weighted by molar-refractivity contribution is 0.0602. The van der Waals surface area contributed by atoms with Gasteiger partial charge in [0.25, 0.3) is 5.91 Å². The molecule has 4 heterocycles. The van der Waals surface area contributed by atoms with Crippen molar-refractivity contribution in [3.05, 3.63) is 94.3 Å². The number of nitrogens with zero attached hydrogens (tertiary/aromatic N) is 4. The molecule has 0 spiro atoms. The Kier molecular flexibility index (Phi) is 9.68. The smallest absolute Gasteiger partial charge is 0.256 e. The summed E-state index contributed by atoms with van der Waals surface area (Å²) in [6.07, 6.45) is 9.74. The van der Waals surface area contributed by atoms with Gasteiger partial charge in [0.1, 0.15) is 22.4 Å². The molecule has 4 aliphatic rings. The number of hydrogen-bond acceptors (Lipinski definition) is 5. The van der Waals surface area contributed by atoms with Gasteiger partial charge >= 0.3 is 0 Å². The number of aromatic nitrogens is 2. The number of carbonyl (C=O) groups excluding carboxylic acids is 1. The van der Waals surface area contributed by atoms with Crippen molar-refractivity contribution in [1.82, 2.24) is 24.1 Å². The number of amides is 1. The molecule has 4 fully saturated rings. The van der Waals surface area contributed by atoms with Gasteiger partial charge in [-0.2, -0.15) is 0 Å². The second-order valence-electron chi connectivity index (χ2n) is 15.5. The van der Waals surface area contributed by atoms with Gasteiger partial charge in [-0.25, -0.2) is 26.9 Å². The second kappa shape index (κ2) is 14.1. The number of aryl methyl sites for hydroxylation is 1. The molecule has 1 aromatic heterocycles. The molecule has 1 N–H and O–H groups in total. The zero-order chi connectivity index (χ0) is 36.2. The second-order valence-corrected chi connectivity index (χ2v) is 17.6. The molecule has 8 nitrogen and oxygen atoms in total. The van der Waals surface area contributed by atoms with E-state index in [9.17, 15) is 17.6 Å². The van der Waals surface area contributed by atoms with Gasteiger partial charge < -0.3 is 9.47 Å². The highest BCUT2D eigenvalue weighted by Gasteiger charge is 2.44. The molecule has 3 saturated heterocycles. The maximum Gasteiger partial charge on any atom is 0.256 e. The van der Waals surface area contributed by atoms with E-state index >= 15 is 4.39 Å². The Bertz CT molecular complexity index is 2080. The Morgan fingerprint density at radius 1 is 0.942 bits per heavy atom. The van der Waals surface area contributed by atoms with Gasteiger partial charge in [0.15, 0.2) is 0 Å². The number of piperidine rings is 2. The highest BCUT2D eigenvalue weighted by atomic mass is 35.5. The highest BCUT2D eigenvalue weighted by molar-refractivity contribution is 7.89. The number of benzene rings is 3. The van der Waals surface area contributed by atoms with E-state index in [2.05, 4.69) is 39.3 Å². The first-order valence-electron chi connectivity index (χ1n) is 18.8. The van der Waals surface area contributed by atoms with Crippen LogP contribution in [0.15, 0.2) is 65.6 Å². The Balaban J connectivity index is 0.986. The molecule has 4 aromatic rings. The summed E-state index contributed by atoms with van der Waals surface area (Å²) in [5.74, 6) is -0.652. The van der Waals surface area contributed by atoms with Gasteiger partial charge in [0.2, 0.25) is 10.0 Å². The summed E-state index contributed by atoms with van der Waals surface area (Å²) < 4.78 is 61.7. The third-order valence-electron chi connectivity index (χ3n) is 12.5. The molecular formula is C40H46ClF2N5O3S. The summed E-state index contributed by atoms with van der Waals surface area (Å²) in [5.41, 5.74) is 2.48. The van der Waals surface area contributed by atoms with Gasteiger partial charge in [-0.1, -0.05) is 48.7 Å². The van der Waals surface area contributed by atoms with Crippen LogP contribution in [0.25, 0.3) is 11.0 Å². The topological polar surface area (TPSA) is 87.5 Å². The molecule has 8 rings (SSSR count). The van der Waals surface area contributed by atoms with Crippen LogP contribution >= 0.6 is 11.6 Å². The van der Waals surface area contributed by atoms with E-state index in [0.29, 0.717) is 44.1 Å². The van der Waals surface area contributed by atoms with Crippen LogP contribution in [0.4, 0.5) is 8.78 Å². The third kappa shape index (κ3) is 6.67. The number of halogens is 3. The van der Waals surface area contributed by atoms with Crippen molar-refractivity contribution in [2.24, 2.45) is 0 Å². The van der Waals surface area contributed by atoms with Crippen LogP contribution in [0.3, 0.4) is 0 Å². The lowest BCUT2D eigenvalue weighted by atomic mass is 9.70. The fourth-order valence-electron chi connectivity index (χ4n) is 9.83. The predicted octanol–water partition coefficient (Wildman–Crippen LogP) is 7.93. The van der Waals surface area contributed by atoms with Crippen molar-refractivity contribution < 1.29 is 22.0 Å². The largest absolute Gasteiger partial charge is 0.338 e. The molecule has 1 amide bonds. The molecule has 276 valence electrons. The normalized spacial score (nSPS) is 23.8.